The lowest BCUT2D eigenvalue weighted by Gasteiger charge is -2.38. The summed E-state index contributed by atoms with van der Waals surface area (Å²) >= 11 is 0. The molecule has 2 aromatic heterocycles. The summed E-state index contributed by atoms with van der Waals surface area (Å²) in [5.41, 5.74) is 0.522. The number of carbonyl (C=O) groups is 1. The van der Waals surface area contributed by atoms with Gasteiger partial charge >= 0.3 is 0 Å². The molecule has 3 heterocycles. The van der Waals surface area contributed by atoms with Crippen LogP contribution in [0.15, 0.2) is 41.5 Å². The number of carbonyl (C=O) groups excluding carboxylic acids is 1. The van der Waals surface area contributed by atoms with Gasteiger partial charge in [0, 0.05) is 31.3 Å². The molecule has 1 saturated heterocycles. The number of amides is 1. The SMILES string of the molecule is C[C@@H](C(=O)Nc1ccc(OCC2CC2)cn1)N1CC[C@@H](F)C(c2ccc(=O)[nH]c2)C1. The molecule has 0 aromatic carbocycles. The highest BCUT2D eigenvalue weighted by atomic mass is 19.1. The van der Waals surface area contributed by atoms with Crippen molar-refractivity contribution in [3.8, 4) is 5.75 Å². The van der Waals surface area contributed by atoms with E-state index >= 15 is 0 Å². The molecule has 1 amide bonds. The Balaban J connectivity index is 1.34. The minimum atomic E-state index is -1.01. The van der Waals surface area contributed by atoms with Gasteiger partial charge in [0.25, 0.3) is 0 Å². The number of aromatic amines is 1. The van der Waals surface area contributed by atoms with Crippen LogP contribution in [0, 0.1) is 5.92 Å². The zero-order valence-electron chi connectivity index (χ0n) is 17.0. The van der Waals surface area contributed by atoms with Gasteiger partial charge in [-0.2, -0.15) is 0 Å². The van der Waals surface area contributed by atoms with Gasteiger partial charge in [0.05, 0.1) is 18.8 Å². The third-order valence-corrected chi connectivity index (χ3v) is 5.89. The van der Waals surface area contributed by atoms with E-state index in [4.69, 9.17) is 4.74 Å². The van der Waals surface area contributed by atoms with Gasteiger partial charge in [-0.1, -0.05) is 6.07 Å². The summed E-state index contributed by atoms with van der Waals surface area (Å²) in [6.07, 6.45) is 4.96. The number of H-pyrrole nitrogens is 1. The molecular weight excluding hydrogens is 387 g/mol. The summed E-state index contributed by atoms with van der Waals surface area (Å²) in [5.74, 6) is 1.25. The van der Waals surface area contributed by atoms with Crippen molar-refractivity contribution in [2.45, 2.75) is 44.3 Å². The van der Waals surface area contributed by atoms with Crippen LogP contribution < -0.4 is 15.6 Å². The van der Waals surface area contributed by atoms with Crippen LogP contribution in [0.4, 0.5) is 10.2 Å². The molecule has 0 spiro atoms. The molecule has 3 atom stereocenters. The van der Waals surface area contributed by atoms with E-state index in [2.05, 4.69) is 15.3 Å². The number of nitrogens with one attached hydrogen (secondary N) is 2. The molecule has 1 aliphatic heterocycles. The standard InChI is InChI=1S/C22H27FN4O3/c1-14(22(29)26-20-6-5-17(11-24-20)30-13-15-2-3-15)27-9-8-19(23)18(12-27)16-4-7-21(28)25-10-16/h4-7,10-11,14-15,18-19H,2-3,8-9,12-13H2,1H3,(H,25,28)(H,24,26,29)/t14-,18?,19+/m0/s1. The number of hydrogen-bond donors (Lipinski definition) is 2. The van der Waals surface area contributed by atoms with E-state index < -0.39 is 12.2 Å². The molecule has 8 heteroatoms. The van der Waals surface area contributed by atoms with Crippen molar-refractivity contribution in [3.63, 3.8) is 0 Å². The number of halogens is 1. The van der Waals surface area contributed by atoms with Crippen LogP contribution in [0.2, 0.25) is 0 Å². The predicted molar refractivity (Wildman–Crippen MR) is 111 cm³/mol. The largest absolute Gasteiger partial charge is 0.492 e. The molecule has 2 N–H and O–H groups in total. The number of piperidine rings is 1. The van der Waals surface area contributed by atoms with Gasteiger partial charge in [0.2, 0.25) is 11.5 Å². The van der Waals surface area contributed by atoms with Gasteiger partial charge in [0.15, 0.2) is 0 Å². The van der Waals surface area contributed by atoms with Crippen molar-refractivity contribution >= 4 is 11.7 Å². The summed E-state index contributed by atoms with van der Waals surface area (Å²) in [7, 11) is 0. The number of ether oxygens (including phenoxy) is 1. The third-order valence-electron chi connectivity index (χ3n) is 5.89. The number of pyridine rings is 2. The van der Waals surface area contributed by atoms with Crippen LogP contribution in [0.3, 0.4) is 0 Å². The smallest absolute Gasteiger partial charge is 0.247 e. The van der Waals surface area contributed by atoms with E-state index in [0.29, 0.717) is 43.6 Å². The minimum Gasteiger partial charge on any atom is -0.492 e. The van der Waals surface area contributed by atoms with Crippen LogP contribution in [0.5, 0.6) is 5.75 Å². The van der Waals surface area contributed by atoms with Crippen molar-refractivity contribution in [3.05, 3.63) is 52.6 Å². The van der Waals surface area contributed by atoms with E-state index in [9.17, 15) is 14.0 Å². The van der Waals surface area contributed by atoms with Crippen LogP contribution in [-0.4, -0.2) is 52.7 Å². The first-order valence-corrected chi connectivity index (χ1v) is 10.5. The van der Waals surface area contributed by atoms with Crippen LogP contribution in [0.25, 0.3) is 0 Å². The topological polar surface area (TPSA) is 87.3 Å². The van der Waals surface area contributed by atoms with E-state index in [0.717, 1.165) is 5.56 Å². The minimum absolute atomic E-state index is 0.188. The number of hydrogen-bond acceptors (Lipinski definition) is 5. The fraction of sp³-hybridized carbons (Fsp3) is 0.500. The van der Waals surface area contributed by atoms with Crippen molar-refractivity contribution < 1.29 is 13.9 Å². The highest BCUT2D eigenvalue weighted by Crippen LogP contribution is 2.31. The number of aromatic nitrogens is 2. The van der Waals surface area contributed by atoms with Crippen molar-refractivity contribution in [1.29, 1.82) is 0 Å². The quantitative estimate of drug-likeness (QED) is 0.728. The Kier molecular flexibility index (Phi) is 6.13. The zero-order chi connectivity index (χ0) is 21.1. The van der Waals surface area contributed by atoms with E-state index in [1.807, 2.05) is 11.8 Å². The first-order chi connectivity index (χ1) is 14.5. The van der Waals surface area contributed by atoms with Crippen molar-refractivity contribution in [2.24, 2.45) is 5.92 Å². The highest BCUT2D eigenvalue weighted by Gasteiger charge is 2.34. The number of rotatable bonds is 7. The second kappa shape index (κ2) is 8.95. The molecule has 1 aliphatic carbocycles. The monoisotopic (exact) mass is 414 g/mol. The van der Waals surface area contributed by atoms with Gasteiger partial charge in [-0.05, 0) is 49.8 Å². The molecule has 0 radical (unpaired) electrons. The number of likely N-dealkylation sites (tertiary alicyclic amines) is 1. The maximum atomic E-state index is 14.5. The Morgan fingerprint density at radius 1 is 1.33 bits per heavy atom. The lowest BCUT2D eigenvalue weighted by atomic mass is 9.89. The van der Waals surface area contributed by atoms with E-state index in [1.165, 1.54) is 18.9 Å². The average Bonchev–Trinajstić information content (AvgIpc) is 3.58. The number of nitrogens with zero attached hydrogens (tertiary/aromatic N) is 2. The molecule has 30 heavy (non-hydrogen) atoms. The Bertz CT molecular complexity index is 908. The van der Waals surface area contributed by atoms with Crippen molar-refractivity contribution in [2.75, 3.05) is 25.0 Å². The molecule has 2 aromatic rings. The molecule has 1 unspecified atom stereocenters. The molecule has 2 aliphatic rings. The lowest BCUT2D eigenvalue weighted by Crippen LogP contribution is -2.49. The Hall–Kier alpha value is -2.74. The van der Waals surface area contributed by atoms with E-state index in [-0.39, 0.29) is 17.4 Å². The summed E-state index contributed by atoms with van der Waals surface area (Å²) in [5, 5.41) is 2.83. The average molecular weight is 414 g/mol. The Labute approximate surface area is 174 Å². The number of alkyl halides is 1. The molecule has 0 bridgehead atoms. The van der Waals surface area contributed by atoms with Gasteiger partial charge in [-0.3, -0.25) is 14.5 Å². The summed E-state index contributed by atoms with van der Waals surface area (Å²) in [6.45, 7) is 3.43. The molecule has 2 fully saturated rings. The first kappa shape index (κ1) is 20.5. The molecule has 4 rings (SSSR count). The van der Waals surface area contributed by atoms with Crippen LogP contribution in [-0.2, 0) is 4.79 Å². The Morgan fingerprint density at radius 3 is 2.83 bits per heavy atom. The van der Waals surface area contributed by atoms with Crippen LogP contribution >= 0.6 is 0 Å². The van der Waals surface area contributed by atoms with Crippen molar-refractivity contribution in [1.82, 2.24) is 14.9 Å². The maximum Gasteiger partial charge on any atom is 0.247 e. The molecular formula is C22H27FN4O3. The van der Waals surface area contributed by atoms with Crippen LogP contribution in [0.1, 0.15) is 37.7 Å². The van der Waals surface area contributed by atoms with Gasteiger partial charge in [0.1, 0.15) is 17.7 Å². The first-order valence-electron chi connectivity index (χ1n) is 10.5. The summed E-state index contributed by atoms with van der Waals surface area (Å²) in [6, 6.07) is 6.15. The maximum absolute atomic E-state index is 14.5. The Morgan fingerprint density at radius 2 is 2.17 bits per heavy atom. The normalized spacial score (nSPS) is 23.0. The fourth-order valence-corrected chi connectivity index (χ4v) is 3.70. The molecule has 7 nitrogen and oxygen atoms in total. The predicted octanol–water partition coefficient (Wildman–Crippen LogP) is 2.71. The fourth-order valence-electron chi connectivity index (χ4n) is 3.70. The summed E-state index contributed by atoms with van der Waals surface area (Å²) < 4.78 is 20.2. The number of anilines is 1. The summed E-state index contributed by atoms with van der Waals surface area (Å²) in [4.78, 5) is 32.8. The second-order valence-electron chi connectivity index (χ2n) is 8.19. The van der Waals surface area contributed by atoms with Gasteiger partial charge < -0.3 is 15.0 Å². The van der Waals surface area contributed by atoms with Gasteiger partial charge in [-0.25, -0.2) is 9.37 Å². The van der Waals surface area contributed by atoms with Gasteiger partial charge in [-0.15, -0.1) is 0 Å². The van der Waals surface area contributed by atoms with E-state index in [1.54, 1.807) is 30.6 Å². The lowest BCUT2D eigenvalue weighted by molar-refractivity contribution is -0.121. The highest BCUT2D eigenvalue weighted by molar-refractivity contribution is 5.93. The zero-order valence-corrected chi connectivity index (χ0v) is 17.0. The molecule has 1 saturated carbocycles. The second-order valence-corrected chi connectivity index (χ2v) is 8.19. The molecule has 160 valence electrons. The third kappa shape index (κ3) is 5.05.